The van der Waals surface area contributed by atoms with Gasteiger partial charge in [-0.1, -0.05) is 125 Å². The van der Waals surface area contributed by atoms with Crippen LogP contribution in [0.5, 0.6) is 0 Å². The van der Waals surface area contributed by atoms with Crippen LogP contribution in [0.25, 0.3) is 44.3 Å². The molecule has 2 saturated carbocycles. The first-order valence-electron chi connectivity index (χ1n) is 26.9. The average Bonchev–Trinajstić information content (AvgIpc) is 4.36. The number of benzene rings is 4. The van der Waals surface area contributed by atoms with Crippen molar-refractivity contribution in [3.05, 3.63) is 167 Å². The summed E-state index contributed by atoms with van der Waals surface area (Å²) in [4.78, 5) is 74.9. The molecule has 4 atom stereocenters. The fourth-order valence-corrected chi connectivity index (χ4v) is 10.8. The van der Waals surface area contributed by atoms with Crippen LogP contribution in [0, 0.1) is 11.8 Å². The molecule has 2 aliphatic carbocycles. The van der Waals surface area contributed by atoms with Crippen molar-refractivity contribution in [1.82, 2.24) is 34.8 Å². The van der Waals surface area contributed by atoms with Gasteiger partial charge in [-0.3, -0.25) is 19.2 Å². The number of hydrogen-bond donors (Lipinski definition) is 6. The van der Waals surface area contributed by atoms with Crippen molar-refractivity contribution >= 4 is 119 Å². The number of likely N-dealkylation sites (N-methyl/N-ethyl adjacent to an activating group) is 1. The van der Waals surface area contributed by atoms with Gasteiger partial charge in [0.25, 0.3) is 0 Å². The maximum absolute atomic E-state index is 13.2. The zero-order chi connectivity index (χ0) is 57.3. The Bertz CT molecular complexity index is 3490. The van der Waals surface area contributed by atoms with Crippen molar-refractivity contribution < 1.29 is 19.2 Å². The van der Waals surface area contributed by atoms with Crippen LogP contribution in [-0.2, 0) is 32.0 Å². The summed E-state index contributed by atoms with van der Waals surface area (Å²) in [5.74, 6) is 1.41. The van der Waals surface area contributed by atoms with Crippen LogP contribution in [0.1, 0.15) is 62.5 Å². The van der Waals surface area contributed by atoms with E-state index in [1.165, 1.54) is 12.2 Å². The number of Topliss-reactive ketones (excluding diaryl/α,β-unsaturated/α-hetero) is 2. The van der Waals surface area contributed by atoms with Crippen molar-refractivity contribution in [2.45, 2.75) is 76.3 Å². The lowest BCUT2D eigenvalue weighted by atomic mass is 9.81. The number of nitrogen functional groups attached to an aromatic ring is 1. The minimum Gasteiger partial charge on any atom is -0.399 e. The first kappa shape index (κ1) is 59.9. The molecular formula is C62H65BrCl3N11O4. The van der Waals surface area contributed by atoms with Crippen LogP contribution in [-0.4, -0.2) is 95.6 Å². The number of anilines is 4. The molecule has 8 aromatic rings. The number of nitrogens with one attached hydrogen (secondary N) is 5. The van der Waals surface area contributed by atoms with E-state index in [-0.39, 0.29) is 41.4 Å². The highest BCUT2D eigenvalue weighted by Crippen LogP contribution is 2.36. The van der Waals surface area contributed by atoms with Gasteiger partial charge in [0, 0.05) is 111 Å². The highest BCUT2D eigenvalue weighted by atomic mass is 79.9. The van der Waals surface area contributed by atoms with Gasteiger partial charge in [0.1, 0.15) is 11.6 Å². The molecule has 0 radical (unpaired) electrons. The Hall–Kier alpha value is -7.21. The number of aromatic nitrogens is 6. The second kappa shape index (κ2) is 29.5. The number of aromatic amines is 2. The summed E-state index contributed by atoms with van der Waals surface area (Å²) in [6.45, 7) is 0.699. The average molecular weight is 1210 g/mol. The standard InChI is InChI=1S/C32H35ClN6O2.C26H26ClN5O.C4H4BrClO/c1-39(2)16-6-11-30(41)36-23-14-12-21(13-15-23)17-29(40)22-7-5-8-24(18-22)37-32-35-20-27(33)31(38-32)26-19-34-28-10-4-3-9-25(26)28;27-22-15-30-26(32-25(22)21-14-29-23-7-2-1-6-20(21)23)31-19-5-3-4-17(13-19)24(33)12-16-8-10-18(28)11-9-16;5-3-1-2-4(6)7/h3-4,6,9-15,19-20,22,24,34H,5,7-8,16-18H2,1-2H3,(H,36,41)(H,35,37,38);1-2,6-11,14-15,17,19,29H,3-5,12-13,28H2,(H,30,31,32);1-2H,3H2/b11-6+;;2-1+/t22-,24+;17-,19+;/m00./s1. The van der Waals surface area contributed by atoms with Crippen LogP contribution < -0.4 is 21.7 Å². The number of fused-ring (bicyclic) bond motifs is 2. The van der Waals surface area contributed by atoms with Gasteiger partial charge < -0.3 is 36.6 Å². The first-order valence-corrected chi connectivity index (χ1v) is 29.2. The van der Waals surface area contributed by atoms with Gasteiger partial charge in [0.2, 0.25) is 23.0 Å². The molecule has 15 nitrogen and oxygen atoms in total. The molecule has 0 saturated heterocycles. The third-order valence-corrected chi connectivity index (χ3v) is 15.2. The van der Waals surface area contributed by atoms with E-state index in [2.05, 4.69) is 51.8 Å². The number of carbonyl (C=O) groups excluding carboxylic acids is 4. The molecule has 7 N–H and O–H groups in total. The van der Waals surface area contributed by atoms with E-state index in [1.54, 1.807) is 18.5 Å². The summed E-state index contributed by atoms with van der Waals surface area (Å²) in [7, 11) is 3.89. The van der Waals surface area contributed by atoms with E-state index in [0.29, 0.717) is 69.4 Å². The van der Waals surface area contributed by atoms with Gasteiger partial charge in [0.15, 0.2) is 0 Å². The summed E-state index contributed by atoms with van der Waals surface area (Å²) in [5.41, 5.74) is 14.4. The number of hydrogen-bond acceptors (Lipinski definition) is 12. The largest absolute Gasteiger partial charge is 0.399 e. The summed E-state index contributed by atoms with van der Waals surface area (Å²) in [6.07, 6.45) is 21.4. The number of nitrogens with zero attached hydrogens (tertiary/aromatic N) is 5. The Morgan fingerprint density at radius 3 is 1.60 bits per heavy atom. The second-order valence-electron chi connectivity index (χ2n) is 20.4. The van der Waals surface area contributed by atoms with E-state index in [4.69, 9.17) is 50.5 Å². The van der Waals surface area contributed by atoms with E-state index in [9.17, 15) is 19.2 Å². The van der Waals surface area contributed by atoms with E-state index in [1.807, 2.05) is 135 Å². The number of ketones is 2. The third-order valence-electron chi connectivity index (χ3n) is 14.1. The summed E-state index contributed by atoms with van der Waals surface area (Å²) in [5, 5.41) is 13.1. The fourth-order valence-electron chi connectivity index (χ4n) is 10.1. The zero-order valence-corrected chi connectivity index (χ0v) is 49.0. The molecule has 81 heavy (non-hydrogen) atoms. The quantitative estimate of drug-likeness (QED) is 0.0205. The first-order chi connectivity index (χ1) is 39.2. The normalized spacial score (nSPS) is 17.1. The number of nitrogens with two attached hydrogens (primary N) is 1. The predicted octanol–water partition coefficient (Wildman–Crippen LogP) is 13.5. The molecule has 4 heterocycles. The number of alkyl halides is 1. The van der Waals surface area contributed by atoms with Crippen LogP contribution >= 0.6 is 50.7 Å². The molecule has 19 heteroatoms. The number of amides is 1. The summed E-state index contributed by atoms with van der Waals surface area (Å²) < 4.78 is 0. The van der Waals surface area contributed by atoms with Crippen molar-refractivity contribution in [3.63, 3.8) is 0 Å². The van der Waals surface area contributed by atoms with E-state index < -0.39 is 5.24 Å². The van der Waals surface area contributed by atoms with E-state index >= 15 is 0 Å². The van der Waals surface area contributed by atoms with Gasteiger partial charge >= 0.3 is 0 Å². The van der Waals surface area contributed by atoms with Gasteiger partial charge in [-0.25, -0.2) is 19.9 Å². The Morgan fingerprint density at radius 1 is 0.667 bits per heavy atom. The van der Waals surface area contributed by atoms with Crippen LogP contribution in [0.2, 0.25) is 10.0 Å². The van der Waals surface area contributed by atoms with Gasteiger partial charge in [-0.2, -0.15) is 0 Å². The maximum atomic E-state index is 13.2. The topological polar surface area (TPSA) is 217 Å². The maximum Gasteiger partial charge on any atom is 0.248 e. The molecule has 2 aliphatic rings. The molecule has 0 aliphatic heterocycles. The lowest BCUT2D eigenvalue weighted by Crippen LogP contribution is -2.32. The summed E-state index contributed by atoms with van der Waals surface area (Å²) in [6, 6.07) is 31.4. The molecule has 4 aromatic carbocycles. The van der Waals surface area contributed by atoms with Gasteiger partial charge in [0.05, 0.1) is 33.8 Å². The minimum atomic E-state index is -0.431. The molecule has 2 fully saturated rings. The van der Waals surface area contributed by atoms with Crippen molar-refractivity contribution in [1.29, 1.82) is 0 Å². The lowest BCUT2D eigenvalue weighted by molar-refractivity contribution is -0.124. The fraction of sp³-hybridized carbons (Fsp3) is 0.290. The SMILES string of the molecule is CN(C)C/C=C/C(=O)Nc1ccc(CC(=O)[C@H]2CCC[C@@H](Nc3ncc(Cl)c(-c4c[nH]c5ccccc45)n3)C2)cc1.Nc1ccc(CC(=O)[C@H]2CCC[C@@H](Nc3ncc(Cl)c(-c4c[nH]c5ccccc45)n3)C2)cc1.O=C(Cl)/C=C/CBr. The highest BCUT2D eigenvalue weighted by molar-refractivity contribution is 9.09. The predicted molar refractivity (Wildman–Crippen MR) is 332 cm³/mol. The van der Waals surface area contributed by atoms with Crippen LogP contribution in [0.3, 0.4) is 0 Å². The monoisotopic (exact) mass is 1210 g/mol. The number of H-pyrrole nitrogens is 2. The van der Waals surface area contributed by atoms with E-state index in [0.717, 1.165) is 95.4 Å². The third kappa shape index (κ3) is 17.4. The molecule has 10 rings (SSSR count). The highest BCUT2D eigenvalue weighted by Gasteiger charge is 2.29. The molecule has 420 valence electrons. The minimum absolute atomic E-state index is 0.0251. The Labute approximate surface area is 495 Å². The molecule has 4 aromatic heterocycles. The molecule has 0 spiro atoms. The molecule has 0 unspecified atom stereocenters. The van der Waals surface area contributed by atoms with Crippen LogP contribution in [0.15, 0.2) is 146 Å². The number of allylic oxidation sites excluding steroid dienone is 2. The van der Waals surface area contributed by atoms with Crippen molar-refractivity contribution in [2.24, 2.45) is 11.8 Å². The molecule has 1 amide bonds. The molecular weight excluding hydrogens is 1150 g/mol. The number of rotatable bonds is 18. The molecule has 0 bridgehead atoms. The Kier molecular flexibility index (Phi) is 21.8. The lowest BCUT2D eigenvalue weighted by Gasteiger charge is -2.29. The van der Waals surface area contributed by atoms with Gasteiger partial charge in [-0.15, -0.1) is 0 Å². The number of para-hydroxylation sites is 2. The van der Waals surface area contributed by atoms with Crippen molar-refractivity contribution in [3.8, 4) is 22.5 Å². The Balaban J connectivity index is 0.000000193. The summed E-state index contributed by atoms with van der Waals surface area (Å²) >= 11 is 21.0. The van der Waals surface area contributed by atoms with Crippen molar-refractivity contribution in [2.75, 3.05) is 47.7 Å². The smallest absolute Gasteiger partial charge is 0.248 e. The van der Waals surface area contributed by atoms with Gasteiger partial charge in [-0.05, 0) is 118 Å². The number of carbonyl (C=O) groups is 4. The van der Waals surface area contributed by atoms with Crippen LogP contribution in [0.4, 0.5) is 23.3 Å². The number of halogens is 4. The second-order valence-corrected chi connectivity index (χ2v) is 22.3. The Morgan fingerprint density at radius 2 is 1.15 bits per heavy atom. The zero-order valence-electron chi connectivity index (χ0n) is 45.1.